The Kier molecular flexibility index (Phi) is 4.44. The second kappa shape index (κ2) is 6.27. The molecule has 100 valence electrons. The van der Waals surface area contributed by atoms with Gasteiger partial charge in [0.15, 0.2) is 5.82 Å². The van der Waals surface area contributed by atoms with Crippen molar-refractivity contribution in [2.45, 2.75) is 18.7 Å². The predicted octanol–water partition coefficient (Wildman–Crippen LogP) is 4.02. The van der Waals surface area contributed by atoms with E-state index < -0.39 is 0 Å². The van der Waals surface area contributed by atoms with Crippen molar-refractivity contribution in [3.8, 4) is 12.3 Å². The Morgan fingerprint density at radius 2 is 2.20 bits per heavy atom. The molecule has 3 nitrogen and oxygen atoms in total. The van der Waals surface area contributed by atoms with Gasteiger partial charge in [-0.1, -0.05) is 36.4 Å². The van der Waals surface area contributed by atoms with E-state index in [9.17, 15) is 0 Å². The first-order valence-electron chi connectivity index (χ1n) is 6.12. The van der Waals surface area contributed by atoms with Crippen LogP contribution in [0.15, 0.2) is 46.8 Å². The van der Waals surface area contributed by atoms with Crippen LogP contribution >= 0.6 is 11.8 Å². The second-order valence-electron chi connectivity index (χ2n) is 4.17. The van der Waals surface area contributed by atoms with Gasteiger partial charge in [0.2, 0.25) is 0 Å². The van der Waals surface area contributed by atoms with Crippen molar-refractivity contribution >= 4 is 22.6 Å². The lowest BCUT2D eigenvalue weighted by Gasteiger charge is -2.04. The van der Waals surface area contributed by atoms with Crippen LogP contribution in [-0.4, -0.2) is 15.0 Å². The molecule has 2 aromatic rings. The van der Waals surface area contributed by atoms with Crippen molar-refractivity contribution in [3.05, 3.63) is 54.0 Å². The van der Waals surface area contributed by atoms with Gasteiger partial charge in [0, 0.05) is 10.5 Å². The first-order chi connectivity index (χ1) is 9.63. The molecule has 20 heavy (non-hydrogen) atoms. The Hall–Kier alpha value is -2.25. The number of benzene rings is 1. The molecule has 0 aliphatic carbocycles. The average molecular weight is 281 g/mol. The first-order valence-corrected chi connectivity index (χ1v) is 6.93. The van der Waals surface area contributed by atoms with Gasteiger partial charge in [-0.15, -0.1) is 6.42 Å². The smallest absolute Gasteiger partial charge is 0.174 e. The molecule has 1 N–H and O–H groups in total. The molecule has 0 bridgehead atoms. The number of nitrogens with one attached hydrogen (secondary N) is 1. The molecule has 2 rings (SSSR count). The van der Waals surface area contributed by atoms with Crippen molar-refractivity contribution in [1.82, 2.24) is 9.97 Å². The third-order valence-electron chi connectivity index (χ3n) is 2.63. The summed E-state index contributed by atoms with van der Waals surface area (Å²) in [6, 6.07) is 7.76. The molecule has 1 heterocycles. The Morgan fingerprint density at radius 1 is 1.45 bits per heavy atom. The number of hydrogen-bond acceptors (Lipinski definition) is 3. The minimum Gasteiger partial charge on any atom is -0.344 e. The summed E-state index contributed by atoms with van der Waals surface area (Å²) in [5.74, 6) is 4.20. The van der Waals surface area contributed by atoms with Crippen LogP contribution < -0.4 is 0 Å². The zero-order valence-corrected chi connectivity index (χ0v) is 12.3. The number of rotatable bonds is 3. The van der Waals surface area contributed by atoms with Gasteiger partial charge >= 0.3 is 0 Å². The van der Waals surface area contributed by atoms with Crippen molar-refractivity contribution < 1.29 is 0 Å². The molecule has 0 saturated carbocycles. The van der Waals surface area contributed by atoms with E-state index in [0.717, 1.165) is 27.0 Å². The fourth-order valence-corrected chi connectivity index (χ4v) is 2.53. The van der Waals surface area contributed by atoms with Crippen LogP contribution in [0.2, 0.25) is 0 Å². The van der Waals surface area contributed by atoms with Crippen molar-refractivity contribution in [2.24, 2.45) is 4.99 Å². The number of thioether (sulfide) groups is 1. The van der Waals surface area contributed by atoms with Gasteiger partial charge in [-0.05, 0) is 32.1 Å². The SMILES string of the molecule is C#Cc1ccccc1SC(C=C)=Nc1nc(C)[nH]c1C. The van der Waals surface area contributed by atoms with Crippen molar-refractivity contribution in [2.75, 3.05) is 0 Å². The third-order valence-corrected chi connectivity index (χ3v) is 3.67. The molecule has 0 saturated heterocycles. The number of aromatic amines is 1. The molecule has 1 aromatic heterocycles. The van der Waals surface area contributed by atoms with Crippen molar-refractivity contribution in [3.63, 3.8) is 0 Å². The summed E-state index contributed by atoms with van der Waals surface area (Å²) in [6.45, 7) is 7.65. The highest BCUT2D eigenvalue weighted by Gasteiger charge is 2.07. The Balaban J connectivity index is 2.32. The number of aliphatic imine (C=N–C) groups is 1. The highest BCUT2D eigenvalue weighted by Crippen LogP contribution is 2.26. The summed E-state index contributed by atoms with van der Waals surface area (Å²) in [7, 11) is 0. The molecule has 0 spiro atoms. The van der Waals surface area contributed by atoms with Gasteiger partial charge in [0.05, 0.1) is 5.69 Å². The number of imidazole rings is 1. The van der Waals surface area contributed by atoms with Crippen LogP contribution in [0.5, 0.6) is 0 Å². The van der Waals surface area contributed by atoms with Crippen LogP contribution in [-0.2, 0) is 0 Å². The number of aryl methyl sites for hydroxylation is 2. The van der Waals surface area contributed by atoms with E-state index in [1.807, 2.05) is 38.1 Å². The molecule has 1 aromatic carbocycles. The zero-order valence-electron chi connectivity index (χ0n) is 11.5. The lowest BCUT2D eigenvalue weighted by molar-refractivity contribution is 1.13. The fraction of sp³-hybridized carbons (Fsp3) is 0.125. The van der Waals surface area contributed by atoms with E-state index in [1.165, 1.54) is 11.8 Å². The normalized spacial score (nSPS) is 11.2. The Morgan fingerprint density at radius 3 is 2.80 bits per heavy atom. The van der Waals surface area contributed by atoms with Crippen molar-refractivity contribution in [1.29, 1.82) is 0 Å². The monoisotopic (exact) mass is 281 g/mol. The van der Waals surface area contributed by atoms with E-state index in [-0.39, 0.29) is 0 Å². The molecule has 0 amide bonds. The molecule has 0 radical (unpaired) electrons. The molecular formula is C16H15N3S. The summed E-state index contributed by atoms with van der Waals surface area (Å²) in [4.78, 5) is 13.0. The van der Waals surface area contributed by atoms with E-state index >= 15 is 0 Å². The van der Waals surface area contributed by atoms with Gasteiger partial charge in [-0.25, -0.2) is 9.98 Å². The minimum atomic E-state index is 0.683. The van der Waals surface area contributed by atoms with E-state index in [4.69, 9.17) is 6.42 Å². The summed E-state index contributed by atoms with van der Waals surface area (Å²) in [6.07, 6.45) is 7.21. The number of nitrogens with zero attached hydrogens (tertiary/aromatic N) is 2. The maximum Gasteiger partial charge on any atom is 0.174 e. The molecule has 0 unspecified atom stereocenters. The van der Waals surface area contributed by atoms with Gasteiger partial charge < -0.3 is 4.98 Å². The van der Waals surface area contributed by atoms with Crippen LogP contribution in [0.25, 0.3) is 0 Å². The number of terminal acetylenes is 1. The van der Waals surface area contributed by atoms with Gasteiger partial charge in [-0.3, -0.25) is 0 Å². The van der Waals surface area contributed by atoms with Gasteiger partial charge in [-0.2, -0.15) is 0 Å². The Labute approximate surface area is 123 Å². The predicted molar refractivity (Wildman–Crippen MR) is 85.6 cm³/mol. The van der Waals surface area contributed by atoms with Crippen LogP contribution in [0.3, 0.4) is 0 Å². The fourth-order valence-electron chi connectivity index (χ4n) is 1.71. The maximum absolute atomic E-state index is 5.50. The second-order valence-corrected chi connectivity index (χ2v) is 5.23. The lowest BCUT2D eigenvalue weighted by Crippen LogP contribution is -1.89. The molecule has 0 aliphatic rings. The van der Waals surface area contributed by atoms with E-state index in [2.05, 4.69) is 27.5 Å². The quantitative estimate of drug-likeness (QED) is 0.399. The highest BCUT2D eigenvalue weighted by molar-refractivity contribution is 8.14. The third kappa shape index (κ3) is 3.19. The molecule has 0 atom stereocenters. The Bertz CT molecular complexity index is 705. The van der Waals surface area contributed by atoms with E-state index in [0.29, 0.717) is 5.82 Å². The lowest BCUT2D eigenvalue weighted by atomic mass is 10.2. The topological polar surface area (TPSA) is 41.0 Å². The maximum atomic E-state index is 5.50. The number of H-pyrrole nitrogens is 1. The summed E-state index contributed by atoms with van der Waals surface area (Å²) < 4.78 is 0. The summed E-state index contributed by atoms with van der Waals surface area (Å²) in [5, 5.41) is 0.766. The first kappa shape index (κ1) is 14.2. The standard InChI is InChI=1S/C16H15N3S/c1-5-13-9-7-8-10-14(13)20-15(6-2)19-16-11(3)17-12(4)18-16/h1,6-10H,2H2,3-4H3,(H,17,18). The van der Waals surface area contributed by atoms with Crippen LogP contribution in [0.1, 0.15) is 17.1 Å². The molecule has 4 heteroatoms. The largest absolute Gasteiger partial charge is 0.344 e. The highest BCUT2D eigenvalue weighted by atomic mass is 32.2. The van der Waals surface area contributed by atoms with Gasteiger partial charge in [0.25, 0.3) is 0 Å². The molecular weight excluding hydrogens is 266 g/mol. The van der Waals surface area contributed by atoms with Crippen LogP contribution in [0, 0.1) is 26.2 Å². The summed E-state index contributed by atoms with van der Waals surface area (Å²) in [5.41, 5.74) is 1.79. The molecule has 0 aliphatic heterocycles. The zero-order chi connectivity index (χ0) is 14.5. The van der Waals surface area contributed by atoms with E-state index in [1.54, 1.807) is 6.08 Å². The number of hydrogen-bond donors (Lipinski definition) is 1. The van der Waals surface area contributed by atoms with Crippen LogP contribution in [0.4, 0.5) is 5.82 Å². The molecule has 0 fully saturated rings. The van der Waals surface area contributed by atoms with Gasteiger partial charge in [0.1, 0.15) is 10.9 Å². The number of aromatic nitrogens is 2. The summed E-state index contributed by atoms with van der Waals surface area (Å²) >= 11 is 1.49. The minimum absolute atomic E-state index is 0.683. The average Bonchev–Trinajstić information content (AvgIpc) is 2.76.